The summed E-state index contributed by atoms with van der Waals surface area (Å²) >= 11 is 0. The van der Waals surface area contributed by atoms with Gasteiger partial charge in [0, 0.05) is 5.69 Å². The molecular formula is C10H14N2. The summed E-state index contributed by atoms with van der Waals surface area (Å²) in [5.41, 5.74) is 12.8. The van der Waals surface area contributed by atoms with Crippen LogP contribution in [-0.4, -0.2) is 0 Å². The van der Waals surface area contributed by atoms with E-state index in [9.17, 15) is 0 Å². The van der Waals surface area contributed by atoms with Crippen molar-refractivity contribution in [2.45, 2.75) is 12.5 Å². The van der Waals surface area contributed by atoms with Gasteiger partial charge >= 0.3 is 0 Å². The molecule has 0 radical (unpaired) electrons. The minimum atomic E-state index is -0.491. The average Bonchev–Trinajstić information content (AvgIpc) is 2.05. The van der Waals surface area contributed by atoms with E-state index in [1.54, 1.807) is 6.08 Å². The van der Waals surface area contributed by atoms with E-state index in [0.717, 1.165) is 11.3 Å². The molecule has 0 aromatic heterocycles. The standard InChI is InChI=1S/C10H14N2/c1-3-10(2,12)8-5-4-6-9(11)7-8/h3-7H,1,11-12H2,2H3/t10-/m1/s1. The van der Waals surface area contributed by atoms with Gasteiger partial charge in [0.2, 0.25) is 0 Å². The van der Waals surface area contributed by atoms with E-state index in [2.05, 4.69) is 6.58 Å². The van der Waals surface area contributed by atoms with Gasteiger partial charge < -0.3 is 11.5 Å². The third-order valence-electron chi connectivity index (χ3n) is 1.93. The fourth-order valence-corrected chi connectivity index (χ4v) is 0.992. The molecule has 1 rings (SSSR count). The first-order valence-electron chi connectivity index (χ1n) is 3.85. The predicted molar refractivity (Wildman–Crippen MR) is 52.6 cm³/mol. The highest BCUT2D eigenvalue weighted by molar-refractivity contribution is 5.44. The summed E-state index contributed by atoms with van der Waals surface area (Å²) in [5.74, 6) is 0. The lowest BCUT2D eigenvalue weighted by Crippen LogP contribution is -2.29. The molecule has 1 aromatic carbocycles. The van der Waals surface area contributed by atoms with Crippen LogP contribution in [0, 0.1) is 0 Å². The fraction of sp³-hybridized carbons (Fsp3) is 0.200. The minimum absolute atomic E-state index is 0.491. The van der Waals surface area contributed by atoms with Gasteiger partial charge in [0.1, 0.15) is 0 Å². The molecule has 0 fully saturated rings. The molecule has 0 unspecified atom stereocenters. The average molecular weight is 162 g/mol. The molecule has 0 heterocycles. The zero-order valence-corrected chi connectivity index (χ0v) is 7.25. The summed E-state index contributed by atoms with van der Waals surface area (Å²) in [4.78, 5) is 0. The summed E-state index contributed by atoms with van der Waals surface area (Å²) in [6, 6.07) is 7.53. The maximum absolute atomic E-state index is 5.93. The van der Waals surface area contributed by atoms with Gasteiger partial charge in [0.15, 0.2) is 0 Å². The van der Waals surface area contributed by atoms with Crippen LogP contribution in [0.5, 0.6) is 0 Å². The fourth-order valence-electron chi connectivity index (χ4n) is 0.992. The summed E-state index contributed by atoms with van der Waals surface area (Å²) < 4.78 is 0. The molecule has 4 N–H and O–H groups in total. The van der Waals surface area contributed by atoms with E-state index in [0.29, 0.717) is 0 Å². The number of nitrogens with two attached hydrogens (primary N) is 2. The van der Waals surface area contributed by atoms with Crippen molar-refractivity contribution in [3.05, 3.63) is 42.5 Å². The Morgan fingerprint density at radius 1 is 1.50 bits per heavy atom. The van der Waals surface area contributed by atoms with E-state index in [1.807, 2.05) is 31.2 Å². The van der Waals surface area contributed by atoms with Crippen LogP contribution in [0.2, 0.25) is 0 Å². The van der Waals surface area contributed by atoms with Crippen LogP contribution in [0.1, 0.15) is 12.5 Å². The molecule has 0 bridgehead atoms. The first-order valence-corrected chi connectivity index (χ1v) is 3.85. The lowest BCUT2D eigenvalue weighted by molar-refractivity contribution is 0.632. The Labute approximate surface area is 72.9 Å². The second-order valence-corrected chi connectivity index (χ2v) is 3.11. The van der Waals surface area contributed by atoms with Crippen LogP contribution < -0.4 is 11.5 Å². The third-order valence-corrected chi connectivity index (χ3v) is 1.93. The van der Waals surface area contributed by atoms with Gasteiger partial charge in [0.05, 0.1) is 5.54 Å². The van der Waals surface area contributed by atoms with Crippen molar-refractivity contribution in [1.29, 1.82) is 0 Å². The Bertz CT molecular complexity index is 290. The zero-order chi connectivity index (χ0) is 9.19. The molecular weight excluding hydrogens is 148 g/mol. The van der Waals surface area contributed by atoms with Gasteiger partial charge in [-0.3, -0.25) is 0 Å². The van der Waals surface area contributed by atoms with E-state index >= 15 is 0 Å². The van der Waals surface area contributed by atoms with Crippen LogP contribution in [-0.2, 0) is 5.54 Å². The number of rotatable bonds is 2. The molecule has 0 spiro atoms. The van der Waals surface area contributed by atoms with Gasteiger partial charge in [-0.2, -0.15) is 0 Å². The smallest absolute Gasteiger partial charge is 0.0564 e. The van der Waals surface area contributed by atoms with E-state index in [1.165, 1.54) is 0 Å². The van der Waals surface area contributed by atoms with Crippen molar-refractivity contribution in [2.24, 2.45) is 5.73 Å². The Hall–Kier alpha value is -1.28. The number of hydrogen-bond donors (Lipinski definition) is 2. The van der Waals surface area contributed by atoms with Gasteiger partial charge in [-0.05, 0) is 24.6 Å². The molecule has 64 valence electrons. The summed E-state index contributed by atoms with van der Waals surface area (Å²) in [5, 5.41) is 0. The molecule has 2 heteroatoms. The Morgan fingerprint density at radius 2 is 2.17 bits per heavy atom. The van der Waals surface area contributed by atoms with Crippen LogP contribution in [0.25, 0.3) is 0 Å². The zero-order valence-electron chi connectivity index (χ0n) is 7.25. The first-order chi connectivity index (χ1) is 5.56. The van der Waals surface area contributed by atoms with Crippen molar-refractivity contribution in [2.75, 3.05) is 5.73 Å². The largest absolute Gasteiger partial charge is 0.399 e. The van der Waals surface area contributed by atoms with E-state index in [-0.39, 0.29) is 0 Å². The van der Waals surface area contributed by atoms with Crippen molar-refractivity contribution < 1.29 is 0 Å². The van der Waals surface area contributed by atoms with E-state index in [4.69, 9.17) is 11.5 Å². The van der Waals surface area contributed by atoms with E-state index < -0.39 is 5.54 Å². The lowest BCUT2D eigenvalue weighted by Gasteiger charge is -2.20. The number of benzene rings is 1. The van der Waals surface area contributed by atoms with Crippen LogP contribution in [0.3, 0.4) is 0 Å². The van der Waals surface area contributed by atoms with Crippen LogP contribution in [0.15, 0.2) is 36.9 Å². The summed E-state index contributed by atoms with van der Waals surface area (Å²) in [7, 11) is 0. The van der Waals surface area contributed by atoms with Gasteiger partial charge in [-0.15, -0.1) is 6.58 Å². The van der Waals surface area contributed by atoms with Gasteiger partial charge in [0.25, 0.3) is 0 Å². The second-order valence-electron chi connectivity index (χ2n) is 3.11. The monoisotopic (exact) mass is 162 g/mol. The normalized spacial score (nSPS) is 15.2. The molecule has 0 saturated heterocycles. The molecule has 1 atom stereocenters. The van der Waals surface area contributed by atoms with Gasteiger partial charge in [-0.1, -0.05) is 18.2 Å². The van der Waals surface area contributed by atoms with Gasteiger partial charge in [-0.25, -0.2) is 0 Å². The highest BCUT2D eigenvalue weighted by Gasteiger charge is 2.15. The molecule has 0 aliphatic heterocycles. The van der Waals surface area contributed by atoms with Crippen LogP contribution in [0.4, 0.5) is 5.69 Å². The Balaban J connectivity index is 3.11. The van der Waals surface area contributed by atoms with Crippen molar-refractivity contribution in [1.82, 2.24) is 0 Å². The Morgan fingerprint density at radius 3 is 2.67 bits per heavy atom. The maximum Gasteiger partial charge on any atom is 0.0564 e. The molecule has 1 aromatic rings. The molecule has 12 heavy (non-hydrogen) atoms. The Kier molecular flexibility index (Phi) is 2.20. The number of hydrogen-bond acceptors (Lipinski definition) is 2. The highest BCUT2D eigenvalue weighted by atomic mass is 14.7. The first kappa shape index (κ1) is 8.81. The molecule has 0 saturated carbocycles. The molecule has 0 amide bonds. The SMILES string of the molecule is C=C[C@@](C)(N)c1cccc(N)c1. The van der Waals surface area contributed by atoms with Crippen molar-refractivity contribution in [3.63, 3.8) is 0 Å². The summed E-state index contributed by atoms with van der Waals surface area (Å²) in [6.45, 7) is 5.57. The topological polar surface area (TPSA) is 52.0 Å². The van der Waals surface area contributed by atoms with Crippen molar-refractivity contribution in [3.8, 4) is 0 Å². The lowest BCUT2D eigenvalue weighted by atomic mass is 9.93. The predicted octanol–water partition coefficient (Wildman–Crippen LogP) is 1.63. The number of nitrogen functional groups attached to an aromatic ring is 1. The quantitative estimate of drug-likeness (QED) is 0.513. The minimum Gasteiger partial charge on any atom is -0.399 e. The third kappa shape index (κ3) is 1.66. The number of anilines is 1. The summed E-state index contributed by atoms with van der Waals surface area (Å²) in [6.07, 6.45) is 1.71. The maximum atomic E-state index is 5.93. The molecule has 0 aliphatic carbocycles. The molecule has 0 aliphatic rings. The highest BCUT2D eigenvalue weighted by Crippen LogP contribution is 2.20. The van der Waals surface area contributed by atoms with Crippen LogP contribution >= 0.6 is 0 Å². The van der Waals surface area contributed by atoms with Crippen molar-refractivity contribution >= 4 is 5.69 Å². The molecule has 2 nitrogen and oxygen atoms in total. The second kappa shape index (κ2) is 2.99.